The zero-order valence-corrected chi connectivity index (χ0v) is 10.5. The number of nitrogens with one attached hydrogen (secondary N) is 1. The Morgan fingerprint density at radius 1 is 1.41 bits per heavy atom. The van der Waals surface area contributed by atoms with Crippen molar-refractivity contribution < 1.29 is 14.7 Å². The van der Waals surface area contributed by atoms with Crippen molar-refractivity contribution in [1.82, 2.24) is 5.32 Å². The zero-order chi connectivity index (χ0) is 13.0. The second kappa shape index (κ2) is 5.89. The molecule has 0 radical (unpaired) electrons. The summed E-state index contributed by atoms with van der Waals surface area (Å²) in [5, 5.41) is 11.6. The molecule has 0 spiro atoms. The Balaban J connectivity index is 2.90. The van der Waals surface area contributed by atoms with Gasteiger partial charge in [-0.2, -0.15) is 0 Å². The summed E-state index contributed by atoms with van der Waals surface area (Å²) in [5.41, 5.74) is 0.166. The van der Waals surface area contributed by atoms with Gasteiger partial charge in [0.2, 0.25) is 0 Å². The number of rotatable bonds is 4. The average Bonchev–Trinajstić information content (AvgIpc) is 2.28. The maximum atomic E-state index is 11.8. The van der Waals surface area contributed by atoms with Gasteiger partial charge in [0, 0.05) is 0 Å². The van der Waals surface area contributed by atoms with E-state index >= 15 is 0 Å². The van der Waals surface area contributed by atoms with E-state index in [4.69, 9.17) is 28.3 Å². The van der Waals surface area contributed by atoms with Gasteiger partial charge in [0.1, 0.15) is 6.04 Å². The maximum absolute atomic E-state index is 11.8. The van der Waals surface area contributed by atoms with Gasteiger partial charge in [-0.1, -0.05) is 36.2 Å². The maximum Gasteiger partial charge on any atom is 0.326 e. The first-order chi connectivity index (χ1) is 7.97. The molecule has 1 atom stereocenters. The highest BCUT2D eigenvalue weighted by molar-refractivity contribution is 6.43. The molecule has 0 saturated carbocycles. The van der Waals surface area contributed by atoms with E-state index in [0.717, 1.165) is 0 Å². The summed E-state index contributed by atoms with van der Waals surface area (Å²) in [7, 11) is 0. The van der Waals surface area contributed by atoms with Crippen molar-refractivity contribution in [2.75, 3.05) is 0 Å². The van der Waals surface area contributed by atoms with Crippen LogP contribution >= 0.6 is 23.2 Å². The first kappa shape index (κ1) is 13.8. The van der Waals surface area contributed by atoms with Gasteiger partial charge in [-0.25, -0.2) is 4.79 Å². The number of hydrogen-bond acceptors (Lipinski definition) is 2. The second-order valence-corrected chi connectivity index (χ2v) is 4.16. The Morgan fingerprint density at radius 2 is 2.06 bits per heavy atom. The summed E-state index contributed by atoms with van der Waals surface area (Å²) < 4.78 is 0. The highest BCUT2D eigenvalue weighted by Gasteiger charge is 2.20. The third kappa shape index (κ3) is 3.35. The minimum absolute atomic E-state index is 0.118. The fourth-order valence-electron chi connectivity index (χ4n) is 1.25. The van der Waals surface area contributed by atoms with Crippen molar-refractivity contribution in [1.29, 1.82) is 0 Å². The minimum Gasteiger partial charge on any atom is -0.480 e. The van der Waals surface area contributed by atoms with Crippen LogP contribution < -0.4 is 5.32 Å². The smallest absolute Gasteiger partial charge is 0.326 e. The quantitative estimate of drug-likeness (QED) is 0.888. The largest absolute Gasteiger partial charge is 0.480 e. The van der Waals surface area contributed by atoms with Crippen LogP contribution in [0.15, 0.2) is 18.2 Å². The van der Waals surface area contributed by atoms with Gasteiger partial charge in [-0.3, -0.25) is 4.79 Å². The van der Waals surface area contributed by atoms with Crippen LogP contribution in [0.5, 0.6) is 0 Å². The van der Waals surface area contributed by atoms with E-state index in [0.29, 0.717) is 6.42 Å². The number of hydrogen-bond donors (Lipinski definition) is 2. The lowest BCUT2D eigenvalue weighted by molar-refractivity contribution is -0.139. The van der Waals surface area contributed by atoms with Crippen molar-refractivity contribution in [2.45, 2.75) is 19.4 Å². The van der Waals surface area contributed by atoms with Crippen molar-refractivity contribution in [3.63, 3.8) is 0 Å². The molecule has 92 valence electrons. The Morgan fingerprint density at radius 3 is 2.59 bits per heavy atom. The lowest BCUT2D eigenvalue weighted by Crippen LogP contribution is -2.40. The van der Waals surface area contributed by atoms with Crippen molar-refractivity contribution >= 4 is 35.1 Å². The third-order valence-corrected chi connectivity index (χ3v) is 3.03. The Bertz CT molecular complexity index is 448. The molecule has 6 heteroatoms. The van der Waals surface area contributed by atoms with E-state index in [1.807, 2.05) is 0 Å². The topological polar surface area (TPSA) is 66.4 Å². The fourth-order valence-corrected chi connectivity index (χ4v) is 1.64. The SMILES string of the molecule is CC[C@H](NC(=O)c1cccc(Cl)c1Cl)C(=O)O. The summed E-state index contributed by atoms with van der Waals surface area (Å²) >= 11 is 11.6. The summed E-state index contributed by atoms with van der Waals surface area (Å²) in [4.78, 5) is 22.5. The highest BCUT2D eigenvalue weighted by Crippen LogP contribution is 2.25. The van der Waals surface area contributed by atoms with Crippen LogP contribution in [0.25, 0.3) is 0 Å². The average molecular weight is 276 g/mol. The monoisotopic (exact) mass is 275 g/mol. The number of halogens is 2. The summed E-state index contributed by atoms with van der Waals surface area (Å²) in [5.74, 6) is -1.63. The van der Waals surface area contributed by atoms with E-state index in [1.165, 1.54) is 6.07 Å². The van der Waals surface area contributed by atoms with Gasteiger partial charge >= 0.3 is 5.97 Å². The van der Waals surface area contributed by atoms with Gasteiger partial charge < -0.3 is 10.4 Å². The van der Waals surface area contributed by atoms with Gasteiger partial charge in [0.25, 0.3) is 5.91 Å². The predicted molar refractivity (Wildman–Crippen MR) is 65.6 cm³/mol. The van der Waals surface area contributed by atoms with Crippen LogP contribution in [0, 0.1) is 0 Å². The van der Waals surface area contributed by atoms with Gasteiger partial charge in [0.05, 0.1) is 15.6 Å². The summed E-state index contributed by atoms with van der Waals surface area (Å²) in [6.45, 7) is 1.67. The van der Waals surface area contributed by atoms with Crippen LogP contribution in [-0.4, -0.2) is 23.0 Å². The van der Waals surface area contributed by atoms with Gasteiger partial charge in [0.15, 0.2) is 0 Å². The Hall–Kier alpha value is -1.26. The highest BCUT2D eigenvalue weighted by atomic mass is 35.5. The van der Waals surface area contributed by atoms with Crippen molar-refractivity contribution in [3.8, 4) is 0 Å². The normalized spacial score (nSPS) is 11.9. The Labute approximate surface area is 109 Å². The lowest BCUT2D eigenvalue weighted by atomic mass is 10.1. The number of aliphatic carboxylic acids is 1. The number of carboxylic acids is 1. The number of carboxylic acid groups (broad SMARTS) is 1. The fraction of sp³-hybridized carbons (Fsp3) is 0.273. The number of amides is 1. The molecule has 0 heterocycles. The standard InChI is InChI=1S/C11H11Cl2NO3/c1-2-8(11(16)17)14-10(15)6-4-3-5-7(12)9(6)13/h3-5,8H,2H2,1H3,(H,14,15)(H,16,17)/t8-/m0/s1. The van der Waals surface area contributed by atoms with E-state index in [2.05, 4.69) is 5.32 Å². The van der Waals surface area contributed by atoms with Crippen molar-refractivity contribution in [3.05, 3.63) is 33.8 Å². The number of carbonyl (C=O) groups is 2. The molecule has 0 bridgehead atoms. The van der Waals surface area contributed by atoms with Gasteiger partial charge in [-0.15, -0.1) is 0 Å². The van der Waals surface area contributed by atoms with Crippen LogP contribution in [0.4, 0.5) is 0 Å². The molecular weight excluding hydrogens is 265 g/mol. The molecule has 17 heavy (non-hydrogen) atoms. The van der Waals surface area contributed by atoms with E-state index in [-0.39, 0.29) is 15.6 Å². The van der Waals surface area contributed by atoms with E-state index < -0.39 is 17.9 Å². The molecule has 0 aliphatic rings. The minimum atomic E-state index is -1.08. The molecule has 1 aromatic rings. The molecule has 1 rings (SSSR count). The van der Waals surface area contributed by atoms with Crippen LogP contribution in [0.1, 0.15) is 23.7 Å². The van der Waals surface area contributed by atoms with Crippen LogP contribution in [-0.2, 0) is 4.79 Å². The molecular formula is C11H11Cl2NO3. The summed E-state index contributed by atoms with van der Waals surface area (Å²) in [6, 6.07) is 3.68. The van der Waals surface area contributed by atoms with Crippen LogP contribution in [0.3, 0.4) is 0 Å². The molecule has 2 N–H and O–H groups in total. The molecule has 4 nitrogen and oxygen atoms in total. The van der Waals surface area contributed by atoms with E-state index in [1.54, 1.807) is 19.1 Å². The first-order valence-corrected chi connectivity index (χ1v) is 5.70. The van der Waals surface area contributed by atoms with Crippen molar-refractivity contribution in [2.24, 2.45) is 0 Å². The molecule has 0 aliphatic heterocycles. The second-order valence-electron chi connectivity index (χ2n) is 3.37. The molecule has 0 aromatic heterocycles. The molecule has 0 aliphatic carbocycles. The molecule has 1 aromatic carbocycles. The molecule has 0 unspecified atom stereocenters. The lowest BCUT2D eigenvalue weighted by Gasteiger charge is -2.13. The third-order valence-electron chi connectivity index (χ3n) is 2.21. The predicted octanol–water partition coefficient (Wildman–Crippen LogP) is 2.59. The summed E-state index contributed by atoms with van der Waals surface area (Å²) in [6.07, 6.45) is 0.291. The van der Waals surface area contributed by atoms with E-state index in [9.17, 15) is 9.59 Å². The molecule has 1 amide bonds. The molecule has 0 fully saturated rings. The molecule has 0 saturated heterocycles. The van der Waals surface area contributed by atoms with Gasteiger partial charge in [-0.05, 0) is 18.6 Å². The number of benzene rings is 1. The van der Waals surface area contributed by atoms with Crippen LogP contribution in [0.2, 0.25) is 10.0 Å². The number of carbonyl (C=O) groups excluding carboxylic acids is 1. The Kier molecular flexibility index (Phi) is 4.78. The first-order valence-electron chi connectivity index (χ1n) is 4.95. The zero-order valence-electron chi connectivity index (χ0n) is 9.04.